The van der Waals surface area contributed by atoms with Gasteiger partial charge in [0, 0.05) is 38.3 Å². The smallest absolute Gasteiger partial charge is 0.225 e. The number of amides is 1. The van der Waals surface area contributed by atoms with Crippen LogP contribution in [0.5, 0.6) is 5.75 Å². The maximum Gasteiger partial charge on any atom is 0.225 e. The van der Waals surface area contributed by atoms with Gasteiger partial charge in [0.25, 0.3) is 0 Å². The minimum atomic E-state index is -0.490. The van der Waals surface area contributed by atoms with Crippen molar-refractivity contribution in [3.05, 3.63) is 29.3 Å². The molecule has 2 heterocycles. The van der Waals surface area contributed by atoms with Crippen LogP contribution < -0.4 is 15.8 Å². The van der Waals surface area contributed by atoms with Crippen molar-refractivity contribution in [3.63, 3.8) is 0 Å². The Balaban J connectivity index is 1.66. The number of fused-ring (bicyclic) bond motifs is 1. The van der Waals surface area contributed by atoms with E-state index in [1.165, 1.54) is 5.56 Å². The van der Waals surface area contributed by atoms with Gasteiger partial charge in [-0.05, 0) is 32.3 Å². The van der Waals surface area contributed by atoms with Crippen LogP contribution >= 0.6 is 0 Å². The van der Waals surface area contributed by atoms with Gasteiger partial charge in [-0.1, -0.05) is 18.2 Å². The molecule has 0 saturated carbocycles. The Kier molecular flexibility index (Phi) is 4.34. The van der Waals surface area contributed by atoms with E-state index in [-0.39, 0.29) is 11.5 Å². The molecule has 0 unspecified atom stereocenters. The van der Waals surface area contributed by atoms with E-state index >= 15 is 0 Å². The molecule has 1 saturated heterocycles. The lowest BCUT2D eigenvalue weighted by Crippen LogP contribution is -2.48. The Morgan fingerprint density at radius 2 is 2.04 bits per heavy atom. The minimum Gasteiger partial charge on any atom is -0.487 e. The predicted octanol–water partition coefficient (Wildman–Crippen LogP) is 1.77. The van der Waals surface area contributed by atoms with E-state index in [4.69, 9.17) is 15.2 Å². The van der Waals surface area contributed by atoms with Crippen LogP contribution in [0.2, 0.25) is 0 Å². The molecule has 0 radical (unpaired) electrons. The first-order chi connectivity index (χ1) is 10.9. The van der Waals surface area contributed by atoms with Crippen LogP contribution in [0.3, 0.4) is 0 Å². The van der Waals surface area contributed by atoms with Crippen molar-refractivity contribution in [3.8, 4) is 5.75 Å². The molecule has 3 N–H and O–H groups in total. The Morgan fingerprint density at radius 3 is 2.74 bits per heavy atom. The fourth-order valence-electron chi connectivity index (χ4n) is 3.53. The Hall–Kier alpha value is -1.59. The molecule has 5 nitrogen and oxygen atoms in total. The number of ether oxygens (including phenoxy) is 2. The summed E-state index contributed by atoms with van der Waals surface area (Å²) >= 11 is 0. The summed E-state index contributed by atoms with van der Waals surface area (Å²) < 4.78 is 11.5. The Morgan fingerprint density at radius 1 is 1.30 bits per heavy atom. The van der Waals surface area contributed by atoms with Crippen molar-refractivity contribution in [2.24, 2.45) is 11.1 Å². The molecule has 0 bridgehead atoms. The molecular formula is C18H26N2O3. The standard InChI is InChI=1S/C18H26N2O3/c1-17(2)10-13-4-3-5-14(15(13)23-17)11-20-12-18(16(19)21)6-8-22-9-7-18/h3-5,20H,6-12H2,1-2H3,(H2,19,21). The largest absolute Gasteiger partial charge is 0.487 e. The molecule has 2 aliphatic heterocycles. The van der Waals surface area contributed by atoms with Gasteiger partial charge in [-0.25, -0.2) is 0 Å². The van der Waals surface area contributed by atoms with E-state index in [0.717, 1.165) is 17.7 Å². The highest BCUT2D eigenvalue weighted by molar-refractivity contribution is 5.81. The number of para-hydroxylation sites is 1. The first kappa shape index (κ1) is 16.3. The average Bonchev–Trinajstić information content (AvgIpc) is 2.83. The number of hydrogen-bond donors (Lipinski definition) is 2. The van der Waals surface area contributed by atoms with E-state index in [9.17, 15) is 4.79 Å². The average molecular weight is 318 g/mol. The summed E-state index contributed by atoms with van der Waals surface area (Å²) in [6.07, 6.45) is 2.30. The highest BCUT2D eigenvalue weighted by Gasteiger charge is 2.38. The molecule has 0 spiro atoms. The zero-order chi connectivity index (χ0) is 16.5. The summed E-state index contributed by atoms with van der Waals surface area (Å²) in [7, 11) is 0. The SMILES string of the molecule is CC1(C)Cc2cccc(CNCC3(C(N)=O)CCOCC3)c2O1. The molecule has 0 atom stereocenters. The summed E-state index contributed by atoms with van der Waals surface area (Å²) in [4.78, 5) is 11.9. The molecule has 1 aromatic carbocycles. The molecule has 0 aromatic heterocycles. The van der Waals surface area contributed by atoms with E-state index in [2.05, 4.69) is 37.4 Å². The van der Waals surface area contributed by atoms with Gasteiger partial charge in [0.15, 0.2) is 0 Å². The van der Waals surface area contributed by atoms with Gasteiger partial charge in [0.1, 0.15) is 11.4 Å². The van der Waals surface area contributed by atoms with E-state index in [1.807, 2.05) is 0 Å². The van der Waals surface area contributed by atoms with Crippen molar-refractivity contribution >= 4 is 5.91 Å². The van der Waals surface area contributed by atoms with Gasteiger partial charge >= 0.3 is 0 Å². The number of rotatable bonds is 5. The van der Waals surface area contributed by atoms with Crippen molar-refractivity contribution in [1.82, 2.24) is 5.32 Å². The number of carbonyl (C=O) groups excluding carboxylic acids is 1. The maximum absolute atomic E-state index is 11.9. The normalized spacial score (nSPS) is 21.5. The summed E-state index contributed by atoms with van der Waals surface area (Å²) in [5.41, 5.74) is 7.41. The van der Waals surface area contributed by atoms with Gasteiger partial charge in [-0.15, -0.1) is 0 Å². The van der Waals surface area contributed by atoms with Crippen molar-refractivity contribution in [2.45, 2.75) is 45.3 Å². The first-order valence-electron chi connectivity index (χ1n) is 8.30. The number of nitrogens with one attached hydrogen (secondary N) is 1. The molecule has 3 rings (SSSR count). The minimum absolute atomic E-state index is 0.145. The molecule has 126 valence electrons. The predicted molar refractivity (Wildman–Crippen MR) is 88.2 cm³/mol. The maximum atomic E-state index is 11.9. The molecule has 5 heteroatoms. The highest BCUT2D eigenvalue weighted by Crippen LogP contribution is 2.37. The molecule has 1 fully saturated rings. The number of carbonyl (C=O) groups is 1. The lowest BCUT2D eigenvalue weighted by molar-refractivity contribution is -0.132. The quantitative estimate of drug-likeness (QED) is 0.868. The van der Waals surface area contributed by atoms with Crippen LogP contribution in [0.25, 0.3) is 0 Å². The molecule has 1 aromatic rings. The highest BCUT2D eigenvalue weighted by atomic mass is 16.5. The van der Waals surface area contributed by atoms with Gasteiger partial charge in [0.05, 0.1) is 5.41 Å². The fourth-order valence-corrected chi connectivity index (χ4v) is 3.53. The lowest BCUT2D eigenvalue weighted by atomic mass is 9.79. The van der Waals surface area contributed by atoms with Gasteiger partial charge in [-0.3, -0.25) is 4.79 Å². The summed E-state index contributed by atoms with van der Waals surface area (Å²) in [5.74, 6) is 0.758. The summed E-state index contributed by atoms with van der Waals surface area (Å²) in [6, 6.07) is 6.27. The lowest BCUT2D eigenvalue weighted by Gasteiger charge is -2.34. The number of hydrogen-bond acceptors (Lipinski definition) is 4. The third-order valence-corrected chi connectivity index (χ3v) is 4.92. The second-order valence-corrected chi connectivity index (χ2v) is 7.30. The van der Waals surface area contributed by atoms with Crippen LogP contribution in [0.4, 0.5) is 0 Å². The van der Waals surface area contributed by atoms with Crippen molar-refractivity contribution < 1.29 is 14.3 Å². The van der Waals surface area contributed by atoms with E-state index in [1.54, 1.807) is 0 Å². The van der Waals surface area contributed by atoms with Crippen molar-refractivity contribution in [2.75, 3.05) is 19.8 Å². The van der Waals surface area contributed by atoms with Crippen LogP contribution in [-0.2, 0) is 22.5 Å². The fraction of sp³-hybridized carbons (Fsp3) is 0.611. The van der Waals surface area contributed by atoms with Crippen LogP contribution in [-0.4, -0.2) is 31.3 Å². The zero-order valence-electron chi connectivity index (χ0n) is 14.0. The van der Waals surface area contributed by atoms with Crippen LogP contribution in [0.15, 0.2) is 18.2 Å². The monoisotopic (exact) mass is 318 g/mol. The topological polar surface area (TPSA) is 73.6 Å². The molecule has 2 aliphatic rings. The number of primary amides is 1. The second-order valence-electron chi connectivity index (χ2n) is 7.30. The number of nitrogens with two attached hydrogens (primary N) is 1. The molecule has 0 aliphatic carbocycles. The van der Waals surface area contributed by atoms with Gasteiger partial charge < -0.3 is 20.5 Å². The van der Waals surface area contributed by atoms with E-state index < -0.39 is 5.41 Å². The van der Waals surface area contributed by atoms with Gasteiger partial charge in [-0.2, -0.15) is 0 Å². The Labute approximate surface area is 137 Å². The molecule has 23 heavy (non-hydrogen) atoms. The van der Waals surface area contributed by atoms with Gasteiger partial charge in [0.2, 0.25) is 5.91 Å². The van der Waals surface area contributed by atoms with Crippen LogP contribution in [0.1, 0.15) is 37.8 Å². The Bertz CT molecular complexity index is 592. The summed E-state index contributed by atoms with van der Waals surface area (Å²) in [5, 5.41) is 3.41. The summed E-state index contributed by atoms with van der Waals surface area (Å²) in [6.45, 7) is 6.67. The molecular weight excluding hydrogens is 292 g/mol. The molecule has 1 amide bonds. The van der Waals surface area contributed by atoms with Crippen LogP contribution in [0, 0.1) is 5.41 Å². The number of benzene rings is 1. The first-order valence-corrected chi connectivity index (χ1v) is 8.30. The van der Waals surface area contributed by atoms with Crippen molar-refractivity contribution in [1.29, 1.82) is 0 Å². The second kappa shape index (κ2) is 6.13. The van der Waals surface area contributed by atoms with E-state index in [0.29, 0.717) is 39.1 Å². The zero-order valence-corrected chi connectivity index (χ0v) is 14.0. The third-order valence-electron chi connectivity index (χ3n) is 4.92. The third kappa shape index (κ3) is 3.35.